The molecule has 5 heteroatoms. The third kappa shape index (κ3) is 3.86. The summed E-state index contributed by atoms with van der Waals surface area (Å²) in [6, 6.07) is 6.33. The summed E-state index contributed by atoms with van der Waals surface area (Å²) in [5.74, 6) is 0.944. The molecule has 0 radical (unpaired) electrons. The van der Waals surface area contributed by atoms with E-state index >= 15 is 0 Å². The van der Waals surface area contributed by atoms with Crippen LogP contribution in [-0.4, -0.2) is 22.8 Å². The molecule has 110 valence electrons. The van der Waals surface area contributed by atoms with Gasteiger partial charge in [-0.2, -0.15) is 0 Å². The fourth-order valence-corrected chi connectivity index (χ4v) is 2.87. The van der Waals surface area contributed by atoms with E-state index in [0.717, 1.165) is 49.5 Å². The van der Waals surface area contributed by atoms with Crippen molar-refractivity contribution in [3.05, 3.63) is 27.6 Å². The minimum Gasteiger partial charge on any atom is -0.381 e. The van der Waals surface area contributed by atoms with E-state index < -0.39 is 0 Å². The number of ether oxygens (including phenoxy) is 1. The van der Waals surface area contributed by atoms with Gasteiger partial charge in [-0.1, -0.05) is 6.92 Å². The van der Waals surface area contributed by atoms with Crippen molar-refractivity contribution in [2.75, 3.05) is 13.2 Å². The Bertz CT molecular complexity index is 568. The molecule has 0 aliphatic rings. The standard InChI is InChI=1S/C15H20ClIN2O/c1-3-8-20-9-4-7-19-14-6-5-12(17)10-13(14)18-15(19)11(2)16/h5-6,10-11H,3-4,7-9H2,1-2H3. The number of nitrogens with zero attached hydrogens (tertiary/aromatic N) is 2. The largest absolute Gasteiger partial charge is 0.381 e. The molecule has 0 bridgehead atoms. The first-order valence-electron chi connectivity index (χ1n) is 7.01. The van der Waals surface area contributed by atoms with Gasteiger partial charge in [0, 0.05) is 23.3 Å². The molecule has 3 nitrogen and oxygen atoms in total. The van der Waals surface area contributed by atoms with Crippen LogP contribution in [0.3, 0.4) is 0 Å². The fraction of sp³-hybridized carbons (Fsp3) is 0.533. The molecule has 0 amide bonds. The molecule has 1 heterocycles. The van der Waals surface area contributed by atoms with Crippen molar-refractivity contribution in [2.45, 2.75) is 38.6 Å². The number of imidazole rings is 1. The minimum atomic E-state index is -0.0865. The maximum Gasteiger partial charge on any atom is 0.127 e. The third-order valence-electron chi connectivity index (χ3n) is 3.11. The summed E-state index contributed by atoms with van der Waals surface area (Å²) in [6.07, 6.45) is 2.05. The van der Waals surface area contributed by atoms with E-state index in [0.29, 0.717) is 0 Å². The zero-order valence-corrected chi connectivity index (χ0v) is 14.8. The van der Waals surface area contributed by atoms with Crippen molar-refractivity contribution in [1.82, 2.24) is 9.55 Å². The van der Waals surface area contributed by atoms with E-state index in [2.05, 4.69) is 57.3 Å². The van der Waals surface area contributed by atoms with Crippen LogP contribution >= 0.6 is 34.2 Å². The maximum absolute atomic E-state index is 6.27. The summed E-state index contributed by atoms with van der Waals surface area (Å²) in [5.41, 5.74) is 2.18. The van der Waals surface area contributed by atoms with Crippen LogP contribution in [-0.2, 0) is 11.3 Å². The van der Waals surface area contributed by atoms with Gasteiger partial charge in [0.15, 0.2) is 0 Å². The quantitative estimate of drug-likeness (QED) is 0.377. The number of rotatable bonds is 7. The Morgan fingerprint density at radius 2 is 2.20 bits per heavy atom. The van der Waals surface area contributed by atoms with E-state index in [-0.39, 0.29) is 5.38 Å². The molecule has 1 aromatic heterocycles. The highest BCUT2D eigenvalue weighted by molar-refractivity contribution is 14.1. The fourth-order valence-electron chi connectivity index (χ4n) is 2.23. The van der Waals surface area contributed by atoms with Gasteiger partial charge in [0.05, 0.1) is 16.4 Å². The van der Waals surface area contributed by atoms with Gasteiger partial charge in [-0.3, -0.25) is 0 Å². The van der Waals surface area contributed by atoms with Crippen LogP contribution in [0.2, 0.25) is 0 Å². The molecule has 0 saturated carbocycles. The Morgan fingerprint density at radius 3 is 2.90 bits per heavy atom. The molecule has 0 N–H and O–H groups in total. The molecular formula is C15H20ClIN2O. The molecular weight excluding hydrogens is 387 g/mol. The molecule has 0 aliphatic carbocycles. The number of hydrogen-bond donors (Lipinski definition) is 0. The second kappa shape index (κ2) is 7.61. The highest BCUT2D eigenvalue weighted by Crippen LogP contribution is 2.26. The van der Waals surface area contributed by atoms with Gasteiger partial charge in [-0.15, -0.1) is 11.6 Å². The molecule has 1 aromatic carbocycles. The SMILES string of the molecule is CCCOCCCn1c(C(C)Cl)nc2cc(I)ccc21. The molecule has 1 atom stereocenters. The van der Waals surface area contributed by atoms with Crippen LogP contribution in [0.25, 0.3) is 11.0 Å². The average molecular weight is 407 g/mol. The first-order valence-corrected chi connectivity index (χ1v) is 8.52. The molecule has 20 heavy (non-hydrogen) atoms. The number of alkyl halides is 1. The topological polar surface area (TPSA) is 27.1 Å². The van der Waals surface area contributed by atoms with Gasteiger partial charge < -0.3 is 9.30 Å². The molecule has 0 saturated heterocycles. The second-order valence-electron chi connectivity index (χ2n) is 4.84. The van der Waals surface area contributed by atoms with Crippen LogP contribution < -0.4 is 0 Å². The number of hydrogen-bond acceptors (Lipinski definition) is 2. The molecule has 2 rings (SSSR count). The van der Waals surface area contributed by atoms with Crippen molar-refractivity contribution in [3.63, 3.8) is 0 Å². The molecule has 0 fully saturated rings. The van der Waals surface area contributed by atoms with Gasteiger partial charge in [0.25, 0.3) is 0 Å². The third-order valence-corrected chi connectivity index (χ3v) is 3.98. The predicted molar refractivity (Wildman–Crippen MR) is 92.4 cm³/mol. The zero-order valence-electron chi connectivity index (χ0n) is 11.9. The second-order valence-corrected chi connectivity index (χ2v) is 6.74. The van der Waals surface area contributed by atoms with E-state index in [1.54, 1.807) is 0 Å². The maximum atomic E-state index is 6.27. The normalized spacial score (nSPS) is 13.0. The Labute approximate surface area is 138 Å². The van der Waals surface area contributed by atoms with Crippen LogP contribution in [0.5, 0.6) is 0 Å². The molecule has 0 aliphatic heterocycles. The van der Waals surface area contributed by atoms with Crippen molar-refractivity contribution >= 4 is 45.2 Å². The molecule has 1 unspecified atom stereocenters. The lowest BCUT2D eigenvalue weighted by atomic mass is 10.3. The summed E-state index contributed by atoms with van der Waals surface area (Å²) in [4.78, 5) is 4.67. The lowest BCUT2D eigenvalue weighted by molar-refractivity contribution is 0.129. The summed E-state index contributed by atoms with van der Waals surface area (Å²) < 4.78 is 8.96. The molecule has 0 spiro atoms. The summed E-state index contributed by atoms with van der Waals surface area (Å²) >= 11 is 8.57. The van der Waals surface area contributed by atoms with Crippen LogP contribution in [0, 0.1) is 3.57 Å². The summed E-state index contributed by atoms with van der Waals surface area (Å²) in [7, 11) is 0. The van der Waals surface area contributed by atoms with Gasteiger partial charge in [-0.05, 0) is 60.6 Å². The van der Waals surface area contributed by atoms with Crippen LogP contribution in [0.4, 0.5) is 0 Å². The Morgan fingerprint density at radius 1 is 1.40 bits per heavy atom. The van der Waals surface area contributed by atoms with E-state index in [1.165, 1.54) is 3.57 Å². The lowest BCUT2D eigenvalue weighted by Crippen LogP contribution is -2.07. The Balaban J connectivity index is 2.18. The number of aromatic nitrogens is 2. The minimum absolute atomic E-state index is 0.0865. The predicted octanol–water partition coefficient (Wildman–Crippen LogP) is 4.76. The Hall–Kier alpha value is -0.330. The monoisotopic (exact) mass is 406 g/mol. The Kier molecular flexibility index (Phi) is 6.11. The first-order chi connectivity index (χ1) is 9.63. The van der Waals surface area contributed by atoms with E-state index in [1.807, 2.05) is 6.92 Å². The van der Waals surface area contributed by atoms with Gasteiger partial charge in [0.1, 0.15) is 5.82 Å². The van der Waals surface area contributed by atoms with E-state index in [4.69, 9.17) is 16.3 Å². The van der Waals surface area contributed by atoms with Crippen LogP contribution in [0.15, 0.2) is 18.2 Å². The van der Waals surface area contributed by atoms with Crippen LogP contribution in [0.1, 0.15) is 37.9 Å². The summed E-state index contributed by atoms with van der Waals surface area (Å²) in [5, 5.41) is -0.0865. The zero-order chi connectivity index (χ0) is 14.5. The number of fused-ring (bicyclic) bond motifs is 1. The van der Waals surface area contributed by atoms with Gasteiger partial charge in [-0.25, -0.2) is 4.98 Å². The van der Waals surface area contributed by atoms with Gasteiger partial charge in [0.2, 0.25) is 0 Å². The number of halogens is 2. The smallest absolute Gasteiger partial charge is 0.127 e. The lowest BCUT2D eigenvalue weighted by Gasteiger charge is -2.10. The highest BCUT2D eigenvalue weighted by Gasteiger charge is 2.14. The first kappa shape index (κ1) is 16.0. The van der Waals surface area contributed by atoms with Gasteiger partial charge >= 0.3 is 0 Å². The van der Waals surface area contributed by atoms with Crippen molar-refractivity contribution < 1.29 is 4.74 Å². The molecule has 2 aromatic rings. The highest BCUT2D eigenvalue weighted by atomic mass is 127. The van der Waals surface area contributed by atoms with Crippen molar-refractivity contribution in [3.8, 4) is 0 Å². The summed E-state index contributed by atoms with van der Waals surface area (Å²) in [6.45, 7) is 6.61. The number of aryl methyl sites for hydroxylation is 1. The average Bonchev–Trinajstić information content (AvgIpc) is 2.76. The van der Waals surface area contributed by atoms with E-state index in [9.17, 15) is 0 Å². The van der Waals surface area contributed by atoms with Crippen molar-refractivity contribution in [1.29, 1.82) is 0 Å². The van der Waals surface area contributed by atoms with Crippen molar-refractivity contribution in [2.24, 2.45) is 0 Å². The number of benzene rings is 1.